The molecule has 1 unspecified atom stereocenters. The molecule has 6 heteroatoms. The second-order valence-electron chi connectivity index (χ2n) is 22.0. The molecule has 1 atom stereocenters. The van der Waals surface area contributed by atoms with E-state index in [0.717, 1.165) is 57.8 Å². The van der Waals surface area contributed by atoms with E-state index in [1.54, 1.807) is 0 Å². The zero-order valence-electron chi connectivity index (χ0n) is 48.3. The fraction of sp³-hybridized carbons (Fsp3) is 0.923. The van der Waals surface area contributed by atoms with Crippen molar-refractivity contribution in [2.45, 2.75) is 374 Å². The van der Waals surface area contributed by atoms with Gasteiger partial charge >= 0.3 is 17.9 Å². The molecular formula is C65H124O6. The molecule has 0 bridgehead atoms. The van der Waals surface area contributed by atoms with Crippen LogP contribution in [0.2, 0.25) is 0 Å². The number of carbonyl (C=O) groups is 3. The first kappa shape index (κ1) is 69.2. The normalized spacial score (nSPS) is 12.0. The standard InChI is InChI=1S/C65H124O6/c1-4-7-10-13-16-19-21-23-25-26-27-28-29-30-31-32-33-34-35-36-37-38-40-41-43-46-49-52-55-58-64(67)70-61-62(60-69-63(66)57-54-51-48-45-18-15-12-9-6-3)71-65(68)59-56-53-50-47-44-42-39-24-22-20-17-14-11-8-5-2/h26-27,62H,4-25,28-61H2,1-3H3/b27-26-. The van der Waals surface area contributed by atoms with Gasteiger partial charge in [-0.15, -0.1) is 0 Å². The van der Waals surface area contributed by atoms with Gasteiger partial charge in [0.15, 0.2) is 6.10 Å². The number of ether oxygens (including phenoxy) is 3. The fourth-order valence-corrected chi connectivity index (χ4v) is 9.91. The predicted molar refractivity (Wildman–Crippen MR) is 307 cm³/mol. The minimum Gasteiger partial charge on any atom is -0.462 e. The Kier molecular flexibility index (Phi) is 59.1. The fourth-order valence-electron chi connectivity index (χ4n) is 9.91. The third-order valence-corrected chi connectivity index (χ3v) is 14.8. The molecule has 0 heterocycles. The molecule has 0 radical (unpaired) electrons. The molecule has 0 saturated carbocycles. The molecule has 420 valence electrons. The van der Waals surface area contributed by atoms with Crippen LogP contribution in [0, 0.1) is 0 Å². The molecule has 0 amide bonds. The van der Waals surface area contributed by atoms with Crippen molar-refractivity contribution in [2.24, 2.45) is 0 Å². The maximum absolute atomic E-state index is 12.8. The van der Waals surface area contributed by atoms with Gasteiger partial charge in [-0.1, -0.05) is 315 Å². The van der Waals surface area contributed by atoms with Crippen LogP contribution in [-0.2, 0) is 28.6 Å². The van der Waals surface area contributed by atoms with Crippen molar-refractivity contribution >= 4 is 17.9 Å². The number of hydrogen-bond acceptors (Lipinski definition) is 6. The maximum atomic E-state index is 12.8. The topological polar surface area (TPSA) is 78.9 Å². The molecule has 0 aliphatic heterocycles. The molecule has 0 aliphatic carbocycles. The molecule has 0 aromatic carbocycles. The minimum atomic E-state index is -0.762. The van der Waals surface area contributed by atoms with E-state index in [4.69, 9.17) is 14.2 Å². The van der Waals surface area contributed by atoms with Gasteiger partial charge < -0.3 is 14.2 Å². The van der Waals surface area contributed by atoms with Crippen LogP contribution in [-0.4, -0.2) is 37.2 Å². The van der Waals surface area contributed by atoms with Crippen molar-refractivity contribution in [2.75, 3.05) is 13.2 Å². The predicted octanol–water partition coefficient (Wildman–Crippen LogP) is 21.7. The number of carbonyl (C=O) groups excluding carboxylic acids is 3. The van der Waals surface area contributed by atoms with Crippen LogP contribution in [0.25, 0.3) is 0 Å². The van der Waals surface area contributed by atoms with Crippen molar-refractivity contribution in [3.8, 4) is 0 Å². The highest BCUT2D eigenvalue weighted by Crippen LogP contribution is 2.18. The molecule has 0 aromatic heterocycles. The SMILES string of the molecule is CCCCCCCCCC/C=C\CCCCCCCCCCCCCCCCCCCC(=O)OCC(COC(=O)CCCCCCCCCCC)OC(=O)CCCCCCCCCCCCCCCCC. The lowest BCUT2D eigenvalue weighted by Crippen LogP contribution is -2.30. The molecule has 0 spiro atoms. The highest BCUT2D eigenvalue weighted by molar-refractivity contribution is 5.71. The van der Waals surface area contributed by atoms with Crippen LogP contribution in [0.5, 0.6) is 0 Å². The maximum Gasteiger partial charge on any atom is 0.306 e. The van der Waals surface area contributed by atoms with E-state index in [9.17, 15) is 14.4 Å². The van der Waals surface area contributed by atoms with Gasteiger partial charge in [-0.25, -0.2) is 0 Å². The van der Waals surface area contributed by atoms with E-state index in [-0.39, 0.29) is 31.1 Å². The average Bonchev–Trinajstić information content (AvgIpc) is 3.37. The monoisotopic (exact) mass is 1000 g/mol. The van der Waals surface area contributed by atoms with Crippen LogP contribution in [0.1, 0.15) is 367 Å². The summed E-state index contributed by atoms with van der Waals surface area (Å²) in [5, 5.41) is 0. The summed E-state index contributed by atoms with van der Waals surface area (Å²) in [5.74, 6) is -0.838. The van der Waals surface area contributed by atoms with E-state index in [1.165, 1.54) is 270 Å². The third kappa shape index (κ3) is 58.9. The van der Waals surface area contributed by atoms with Gasteiger partial charge in [0.1, 0.15) is 13.2 Å². The minimum absolute atomic E-state index is 0.0630. The number of hydrogen-bond donors (Lipinski definition) is 0. The number of esters is 3. The molecule has 6 nitrogen and oxygen atoms in total. The van der Waals surface area contributed by atoms with Gasteiger partial charge in [0.05, 0.1) is 0 Å². The summed E-state index contributed by atoms with van der Waals surface area (Å²) in [5.41, 5.74) is 0. The van der Waals surface area contributed by atoms with Gasteiger partial charge in [-0.3, -0.25) is 14.4 Å². The lowest BCUT2D eigenvalue weighted by molar-refractivity contribution is -0.167. The summed E-state index contributed by atoms with van der Waals surface area (Å²) in [6.07, 6.45) is 71.0. The lowest BCUT2D eigenvalue weighted by Gasteiger charge is -2.18. The van der Waals surface area contributed by atoms with E-state index in [1.807, 2.05) is 0 Å². The Labute approximate surface area is 443 Å². The Bertz CT molecular complexity index is 1100. The van der Waals surface area contributed by atoms with E-state index < -0.39 is 6.10 Å². The number of allylic oxidation sites excluding steroid dienone is 2. The summed E-state index contributed by atoms with van der Waals surface area (Å²) >= 11 is 0. The molecule has 0 N–H and O–H groups in total. The van der Waals surface area contributed by atoms with Crippen LogP contribution in [0.15, 0.2) is 12.2 Å². The first-order valence-electron chi connectivity index (χ1n) is 32.2. The van der Waals surface area contributed by atoms with E-state index in [2.05, 4.69) is 32.9 Å². The second-order valence-corrected chi connectivity index (χ2v) is 22.0. The Hall–Kier alpha value is -1.85. The van der Waals surface area contributed by atoms with Crippen LogP contribution >= 0.6 is 0 Å². The zero-order chi connectivity index (χ0) is 51.4. The van der Waals surface area contributed by atoms with Crippen LogP contribution in [0.3, 0.4) is 0 Å². The number of rotatable bonds is 60. The quantitative estimate of drug-likeness (QED) is 0.0261. The highest BCUT2D eigenvalue weighted by atomic mass is 16.6. The zero-order valence-corrected chi connectivity index (χ0v) is 48.3. The van der Waals surface area contributed by atoms with Gasteiger partial charge in [-0.2, -0.15) is 0 Å². The van der Waals surface area contributed by atoms with E-state index in [0.29, 0.717) is 19.3 Å². The average molecular weight is 1000 g/mol. The Morgan fingerprint density at radius 3 is 0.704 bits per heavy atom. The second kappa shape index (κ2) is 60.7. The van der Waals surface area contributed by atoms with Crippen molar-refractivity contribution in [1.82, 2.24) is 0 Å². The third-order valence-electron chi connectivity index (χ3n) is 14.8. The lowest BCUT2D eigenvalue weighted by atomic mass is 10.0. The van der Waals surface area contributed by atoms with Gasteiger partial charge in [0, 0.05) is 19.3 Å². The smallest absolute Gasteiger partial charge is 0.306 e. The molecule has 0 fully saturated rings. The first-order valence-corrected chi connectivity index (χ1v) is 32.2. The van der Waals surface area contributed by atoms with Gasteiger partial charge in [0.25, 0.3) is 0 Å². The summed E-state index contributed by atoms with van der Waals surface area (Å²) in [6, 6.07) is 0. The van der Waals surface area contributed by atoms with Crippen LogP contribution in [0.4, 0.5) is 0 Å². The van der Waals surface area contributed by atoms with Gasteiger partial charge in [-0.05, 0) is 44.9 Å². The summed E-state index contributed by atoms with van der Waals surface area (Å²) in [7, 11) is 0. The molecule has 0 aromatic rings. The molecule has 0 saturated heterocycles. The van der Waals surface area contributed by atoms with Crippen molar-refractivity contribution in [3.63, 3.8) is 0 Å². The van der Waals surface area contributed by atoms with Crippen molar-refractivity contribution in [3.05, 3.63) is 12.2 Å². The van der Waals surface area contributed by atoms with Crippen LogP contribution < -0.4 is 0 Å². The van der Waals surface area contributed by atoms with Crippen molar-refractivity contribution < 1.29 is 28.6 Å². The first-order chi connectivity index (χ1) is 35.0. The largest absolute Gasteiger partial charge is 0.462 e. The summed E-state index contributed by atoms with van der Waals surface area (Å²) in [4.78, 5) is 38.1. The van der Waals surface area contributed by atoms with Gasteiger partial charge in [0.2, 0.25) is 0 Å². The molecular weight excluding hydrogens is 877 g/mol. The van der Waals surface area contributed by atoms with E-state index >= 15 is 0 Å². The summed E-state index contributed by atoms with van der Waals surface area (Å²) < 4.78 is 16.9. The Balaban J connectivity index is 4.05. The molecule has 0 aliphatic rings. The molecule has 71 heavy (non-hydrogen) atoms. The Morgan fingerprint density at radius 1 is 0.268 bits per heavy atom. The summed E-state index contributed by atoms with van der Waals surface area (Å²) in [6.45, 7) is 6.68. The molecule has 0 rings (SSSR count). The Morgan fingerprint density at radius 2 is 0.465 bits per heavy atom. The highest BCUT2D eigenvalue weighted by Gasteiger charge is 2.19. The van der Waals surface area contributed by atoms with Crippen molar-refractivity contribution in [1.29, 1.82) is 0 Å². The number of unbranched alkanes of at least 4 members (excludes halogenated alkanes) is 47.